The largest absolute Gasteiger partial charge is 0.454 e. The van der Waals surface area contributed by atoms with Crippen LogP contribution in [-0.2, 0) is 19.7 Å². The zero-order valence-corrected chi connectivity index (χ0v) is 17.9. The van der Waals surface area contributed by atoms with Gasteiger partial charge in [0.05, 0.1) is 10.0 Å². The Kier molecular flexibility index (Phi) is 7.65. The number of hydrogen-bond acceptors (Lipinski definition) is 4. The highest BCUT2D eigenvalue weighted by atomic mass is 35.5. The maximum Gasteiger partial charge on any atom is 0.325 e. The van der Waals surface area contributed by atoms with Crippen molar-refractivity contribution in [3.8, 4) is 0 Å². The van der Waals surface area contributed by atoms with E-state index in [1.165, 1.54) is 12.1 Å². The normalized spacial score (nSPS) is 10.9. The van der Waals surface area contributed by atoms with Crippen molar-refractivity contribution in [2.75, 3.05) is 18.5 Å². The van der Waals surface area contributed by atoms with E-state index in [1.54, 1.807) is 18.2 Å². The predicted octanol–water partition coefficient (Wildman–Crippen LogP) is 4.20. The van der Waals surface area contributed by atoms with Gasteiger partial charge < -0.3 is 15.4 Å². The van der Waals surface area contributed by atoms with Crippen LogP contribution in [0.2, 0.25) is 10.0 Å². The summed E-state index contributed by atoms with van der Waals surface area (Å²) in [5, 5.41) is 5.65. The molecule has 2 amide bonds. The third-order valence-electron chi connectivity index (χ3n) is 3.97. The van der Waals surface area contributed by atoms with E-state index < -0.39 is 24.4 Å². The van der Waals surface area contributed by atoms with Crippen molar-refractivity contribution in [2.24, 2.45) is 0 Å². The van der Waals surface area contributed by atoms with Gasteiger partial charge in [-0.3, -0.25) is 14.4 Å². The molecule has 0 aliphatic rings. The molecule has 0 aromatic heterocycles. The van der Waals surface area contributed by atoms with Gasteiger partial charge in [0, 0.05) is 11.3 Å². The van der Waals surface area contributed by atoms with Crippen molar-refractivity contribution >= 4 is 46.7 Å². The van der Waals surface area contributed by atoms with Gasteiger partial charge in [-0.1, -0.05) is 56.1 Å². The second kappa shape index (κ2) is 9.76. The fourth-order valence-corrected chi connectivity index (χ4v) is 2.64. The number of hydrogen-bond donors (Lipinski definition) is 2. The summed E-state index contributed by atoms with van der Waals surface area (Å²) in [5.74, 6) is -1.67. The minimum absolute atomic E-state index is 0.0171. The molecule has 0 spiro atoms. The molecule has 0 atom stereocenters. The molecule has 0 unspecified atom stereocenters. The Morgan fingerprint density at radius 1 is 0.966 bits per heavy atom. The molecule has 0 heterocycles. The lowest BCUT2D eigenvalue weighted by Gasteiger charge is -2.19. The van der Waals surface area contributed by atoms with Crippen molar-refractivity contribution in [3.63, 3.8) is 0 Å². The van der Waals surface area contributed by atoms with Crippen LogP contribution in [0.25, 0.3) is 0 Å². The first-order valence-electron chi connectivity index (χ1n) is 8.85. The highest BCUT2D eigenvalue weighted by molar-refractivity contribution is 6.42. The van der Waals surface area contributed by atoms with Gasteiger partial charge in [0.15, 0.2) is 6.61 Å². The summed E-state index contributed by atoms with van der Waals surface area (Å²) in [6, 6.07) is 11.7. The predicted molar refractivity (Wildman–Crippen MR) is 114 cm³/mol. The summed E-state index contributed by atoms with van der Waals surface area (Å²) in [7, 11) is 0. The lowest BCUT2D eigenvalue weighted by Crippen LogP contribution is -2.32. The van der Waals surface area contributed by atoms with Gasteiger partial charge in [-0.25, -0.2) is 0 Å². The van der Waals surface area contributed by atoms with E-state index in [9.17, 15) is 14.4 Å². The molecule has 2 N–H and O–H groups in total. The Bertz CT molecular complexity index is 906. The fraction of sp³-hybridized carbons (Fsp3) is 0.286. The molecule has 0 fully saturated rings. The van der Waals surface area contributed by atoms with Crippen LogP contribution >= 0.6 is 23.2 Å². The number of nitrogens with one attached hydrogen (secondary N) is 2. The molecule has 0 saturated carbocycles. The first kappa shape index (κ1) is 22.7. The van der Waals surface area contributed by atoms with E-state index in [0.29, 0.717) is 21.3 Å². The van der Waals surface area contributed by atoms with Gasteiger partial charge in [0.25, 0.3) is 11.8 Å². The monoisotopic (exact) mass is 436 g/mol. The molecule has 0 saturated heterocycles. The SMILES string of the molecule is CC(C)(C)c1ccc(C(=O)NCC(=O)OCC(=O)Nc2ccc(Cl)c(Cl)c2)cc1. The second-order valence-corrected chi connectivity index (χ2v) is 8.16. The minimum Gasteiger partial charge on any atom is -0.454 e. The number of esters is 1. The molecular weight excluding hydrogens is 415 g/mol. The zero-order chi connectivity index (χ0) is 21.6. The summed E-state index contributed by atoms with van der Waals surface area (Å²) in [4.78, 5) is 35.7. The Labute approximate surface area is 179 Å². The molecule has 29 heavy (non-hydrogen) atoms. The van der Waals surface area contributed by atoms with Crippen LogP contribution in [0, 0.1) is 0 Å². The maximum atomic E-state index is 12.1. The average Bonchev–Trinajstić information content (AvgIpc) is 2.66. The molecule has 0 aliphatic heterocycles. The van der Waals surface area contributed by atoms with Crippen LogP contribution in [0.5, 0.6) is 0 Å². The van der Waals surface area contributed by atoms with Gasteiger partial charge in [-0.2, -0.15) is 0 Å². The molecule has 2 aromatic carbocycles. The second-order valence-electron chi connectivity index (χ2n) is 7.35. The van der Waals surface area contributed by atoms with Crippen LogP contribution in [0.1, 0.15) is 36.7 Å². The van der Waals surface area contributed by atoms with Crippen molar-refractivity contribution in [1.82, 2.24) is 5.32 Å². The lowest BCUT2D eigenvalue weighted by atomic mass is 9.87. The molecule has 0 bridgehead atoms. The standard InChI is InChI=1S/C21H22Cl2N2O4/c1-21(2,3)14-6-4-13(5-7-14)20(28)24-11-19(27)29-12-18(26)25-15-8-9-16(22)17(23)10-15/h4-10H,11-12H2,1-3H3,(H,24,28)(H,25,26). The summed E-state index contributed by atoms with van der Waals surface area (Å²) < 4.78 is 4.86. The van der Waals surface area contributed by atoms with Crippen LogP contribution in [-0.4, -0.2) is 30.9 Å². The lowest BCUT2D eigenvalue weighted by molar-refractivity contribution is -0.146. The van der Waals surface area contributed by atoms with E-state index in [4.69, 9.17) is 27.9 Å². The Hall–Kier alpha value is -2.57. The number of ether oxygens (including phenoxy) is 1. The number of halogens is 2. The first-order chi connectivity index (χ1) is 13.6. The van der Waals surface area contributed by atoms with E-state index in [-0.39, 0.29) is 12.0 Å². The van der Waals surface area contributed by atoms with Crippen LogP contribution in [0.15, 0.2) is 42.5 Å². The third-order valence-corrected chi connectivity index (χ3v) is 4.71. The molecule has 0 aliphatic carbocycles. The van der Waals surface area contributed by atoms with Crippen LogP contribution < -0.4 is 10.6 Å². The zero-order valence-electron chi connectivity index (χ0n) is 16.3. The van der Waals surface area contributed by atoms with E-state index in [0.717, 1.165) is 5.56 Å². The molecule has 0 radical (unpaired) electrons. The quantitative estimate of drug-likeness (QED) is 0.664. The molecular formula is C21H22Cl2N2O4. The summed E-state index contributed by atoms with van der Waals surface area (Å²) in [6.07, 6.45) is 0. The number of carbonyl (C=O) groups excluding carboxylic acids is 3. The smallest absolute Gasteiger partial charge is 0.325 e. The van der Waals surface area contributed by atoms with Gasteiger partial charge in [-0.05, 0) is 41.3 Å². The van der Waals surface area contributed by atoms with E-state index in [1.807, 2.05) is 12.1 Å². The highest BCUT2D eigenvalue weighted by Gasteiger charge is 2.15. The van der Waals surface area contributed by atoms with Crippen LogP contribution in [0.3, 0.4) is 0 Å². The summed E-state index contributed by atoms with van der Waals surface area (Å²) in [5.41, 5.74) is 1.94. The van der Waals surface area contributed by atoms with Crippen molar-refractivity contribution in [1.29, 1.82) is 0 Å². The topological polar surface area (TPSA) is 84.5 Å². The molecule has 154 valence electrons. The van der Waals surface area contributed by atoms with Crippen molar-refractivity contribution < 1.29 is 19.1 Å². The fourth-order valence-electron chi connectivity index (χ4n) is 2.34. The molecule has 2 aromatic rings. The minimum atomic E-state index is -0.728. The van der Waals surface area contributed by atoms with Gasteiger partial charge in [0.1, 0.15) is 6.54 Å². The van der Waals surface area contributed by atoms with Gasteiger partial charge in [-0.15, -0.1) is 0 Å². The molecule has 6 nitrogen and oxygen atoms in total. The highest BCUT2D eigenvalue weighted by Crippen LogP contribution is 2.25. The Balaban J connectivity index is 1.76. The summed E-state index contributed by atoms with van der Waals surface area (Å²) >= 11 is 11.7. The molecule has 2 rings (SSSR count). The van der Waals surface area contributed by atoms with E-state index >= 15 is 0 Å². The Morgan fingerprint density at radius 2 is 1.62 bits per heavy atom. The number of benzene rings is 2. The van der Waals surface area contributed by atoms with Crippen molar-refractivity contribution in [3.05, 3.63) is 63.6 Å². The maximum absolute atomic E-state index is 12.1. The Morgan fingerprint density at radius 3 is 2.21 bits per heavy atom. The van der Waals surface area contributed by atoms with Crippen LogP contribution in [0.4, 0.5) is 5.69 Å². The number of anilines is 1. The number of carbonyl (C=O) groups is 3. The third kappa shape index (κ3) is 7.07. The summed E-state index contributed by atoms with van der Waals surface area (Å²) in [6.45, 7) is 5.40. The van der Waals surface area contributed by atoms with Gasteiger partial charge >= 0.3 is 5.97 Å². The number of rotatable bonds is 6. The first-order valence-corrected chi connectivity index (χ1v) is 9.61. The van der Waals surface area contributed by atoms with Gasteiger partial charge in [0.2, 0.25) is 0 Å². The average molecular weight is 437 g/mol. The molecule has 8 heteroatoms. The van der Waals surface area contributed by atoms with Crippen molar-refractivity contribution in [2.45, 2.75) is 26.2 Å². The van der Waals surface area contributed by atoms with E-state index in [2.05, 4.69) is 31.4 Å². The number of amides is 2.